The highest BCUT2D eigenvalue weighted by Crippen LogP contribution is 2.38. The summed E-state index contributed by atoms with van der Waals surface area (Å²) in [5, 5.41) is 0.811. The van der Waals surface area contributed by atoms with Gasteiger partial charge in [-0.15, -0.1) is 0 Å². The zero-order chi connectivity index (χ0) is 13.4. The largest absolute Gasteiger partial charge is 0.331 e. The number of benzene rings is 1. The van der Waals surface area contributed by atoms with Crippen molar-refractivity contribution in [2.75, 3.05) is 5.75 Å². The van der Waals surface area contributed by atoms with E-state index < -0.39 is 0 Å². The van der Waals surface area contributed by atoms with Crippen LogP contribution in [0.2, 0.25) is 0 Å². The Bertz CT molecular complexity index is 646. The van der Waals surface area contributed by atoms with E-state index in [4.69, 9.17) is 12.2 Å². The van der Waals surface area contributed by atoms with E-state index in [1.165, 1.54) is 39.6 Å². The molecule has 1 heterocycles. The number of hydrogen-bond donors (Lipinski definition) is 1. The van der Waals surface area contributed by atoms with Crippen molar-refractivity contribution in [1.29, 1.82) is 0 Å². The number of imidazole rings is 1. The lowest BCUT2D eigenvalue weighted by Gasteiger charge is -2.13. The number of rotatable bonds is 3. The highest BCUT2D eigenvalue weighted by atomic mass is 127. The Morgan fingerprint density at radius 2 is 2.32 bits per heavy atom. The number of halogens is 1. The van der Waals surface area contributed by atoms with Crippen LogP contribution in [-0.2, 0) is 0 Å². The van der Waals surface area contributed by atoms with E-state index in [1.807, 2.05) is 0 Å². The number of thioether (sulfide) groups is 1. The van der Waals surface area contributed by atoms with Crippen molar-refractivity contribution in [2.24, 2.45) is 0 Å². The van der Waals surface area contributed by atoms with Gasteiger partial charge < -0.3 is 9.55 Å². The number of aromatic nitrogens is 2. The Labute approximate surface area is 136 Å². The molecule has 1 aromatic carbocycles. The van der Waals surface area contributed by atoms with Crippen molar-refractivity contribution in [3.8, 4) is 0 Å². The van der Waals surface area contributed by atoms with E-state index in [0.717, 1.165) is 10.0 Å². The Morgan fingerprint density at radius 3 is 3.11 bits per heavy atom. The molecule has 0 radical (unpaired) electrons. The minimum atomic E-state index is 0.574. The molecule has 0 amide bonds. The topological polar surface area (TPSA) is 20.7 Å². The highest BCUT2D eigenvalue weighted by molar-refractivity contribution is 14.1. The Hall–Kier alpha value is -0.0100. The Kier molecular flexibility index (Phi) is 4.24. The predicted octanol–water partition coefficient (Wildman–Crippen LogP) is 5.15. The number of aromatic amines is 1. The summed E-state index contributed by atoms with van der Waals surface area (Å²) in [6.07, 6.45) is 3.83. The van der Waals surface area contributed by atoms with Crippen molar-refractivity contribution in [1.82, 2.24) is 9.55 Å². The van der Waals surface area contributed by atoms with Gasteiger partial charge in [0.25, 0.3) is 0 Å². The molecular weight excluding hydrogens is 387 g/mol. The molecule has 1 N–H and O–H groups in total. The first-order valence-corrected chi connectivity index (χ1v) is 9.24. The summed E-state index contributed by atoms with van der Waals surface area (Å²) in [7, 11) is 0. The van der Waals surface area contributed by atoms with Crippen molar-refractivity contribution in [3.05, 3.63) is 26.5 Å². The van der Waals surface area contributed by atoms with E-state index in [9.17, 15) is 0 Å². The van der Waals surface area contributed by atoms with Crippen LogP contribution in [0.15, 0.2) is 18.2 Å². The van der Waals surface area contributed by atoms with E-state index in [1.54, 1.807) is 0 Å². The Balaban J connectivity index is 1.97. The van der Waals surface area contributed by atoms with Gasteiger partial charge in [-0.1, -0.05) is 6.92 Å². The lowest BCUT2D eigenvalue weighted by Crippen LogP contribution is -2.06. The molecule has 2 nitrogen and oxygen atoms in total. The van der Waals surface area contributed by atoms with Crippen LogP contribution in [0.4, 0.5) is 0 Å². The van der Waals surface area contributed by atoms with Crippen LogP contribution in [0.3, 0.4) is 0 Å². The molecule has 102 valence electrons. The molecule has 1 saturated carbocycles. The summed E-state index contributed by atoms with van der Waals surface area (Å²) < 4.78 is 4.47. The molecule has 19 heavy (non-hydrogen) atoms. The van der Waals surface area contributed by atoms with Gasteiger partial charge in [0, 0.05) is 14.9 Å². The minimum absolute atomic E-state index is 0.574. The van der Waals surface area contributed by atoms with Crippen LogP contribution in [0.1, 0.15) is 32.2 Å². The van der Waals surface area contributed by atoms with Gasteiger partial charge >= 0.3 is 0 Å². The molecule has 1 aromatic heterocycles. The summed E-state index contributed by atoms with van der Waals surface area (Å²) in [6, 6.07) is 7.11. The second-order valence-corrected chi connectivity index (χ2v) is 8.22. The van der Waals surface area contributed by atoms with E-state index in [2.05, 4.69) is 69.0 Å². The number of H-pyrrole nitrogens is 1. The molecule has 2 aromatic rings. The normalized spacial score (nSPS) is 23.3. The van der Waals surface area contributed by atoms with Gasteiger partial charge in [0.05, 0.1) is 11.0 Å². The monoisotopic (exact) mass is 404 g/mol. The zero-order valence-electron chi connectivity index (χ0n) is 10.9. The fraction of sp³-hybridized carbons (Fsp3) is 0.500. The minimum Gasteiger partial charge on any atom is -0.331 e. The number of nitrogens with one attached hydrogen (secondary N) is 1. The van der Waals surface area contributed by atoms with E-state index >= 15 is 0 Å². The van der Waals surface area contributed by atoms with Crippen LogP contribution in [0, 0.1) is 8.34 Å². The fourth-order valence-corrected chi connectivity index (χ4v) is 4.99. The molecule has 3 rings (SSSR count). The summed E-state index contributed by atoms with van der Waals surface area (Å²) in [5.74, 6) is 1.22. The first kappa shape index (κ1) is 13.9. The van der Waals surface area contributed by atoms with Crippen molar-refractivity contribution < 1.29 is 0 Å². The molecule has 5 heteroatoms. The zero-order valence-corrected chi connectivity index (χ0v) is 14.6. The van der Waals surface area contributed by atoms with Gasteiger partial charge in [-0.3, -0.25) is 0 Å². The maximum Gasteiger partial charge on any atom is 0.178 e. The SMILES string of the molecule is CCSC1CCC(n2c(=S)[nH]c3cc(I)ccc32)C1. The molecule has 0 spiro atoms. The Morgan fingerprint density at radius 1 is 1.47 bits per heavy atom. The molecule has 0 saturated heterocycles. The average molecular weight is 404 g/mol. The second-order valence-electron chi connectivity index (χ2n) is 5.01. The molecule has 1 aliphatic rings. The fourth-order valence-electron chi connectivity index (χ4n) is 3.00. The van der Waals surface area contributed by atoms with Crippen molar-refractivity contribution in [2.45, 2.75) is 37.5 Å². The van der Waals surface area contributed by atoms with Crippen LogP contribution >= 0.6 is 46.6 Å². The van der Waals surface area contributed by atoms with Crippen LogP contribution < -0.4 is 0 Å². The third kappa shape index (κ3) is 2.74. The first-order chi connectivity index (χ1) is 9.19. The quantitative estimate of drug-likeness (QED) is 0.564. The number of nitrogens with zero attached hydrogens (tertiary/aromatic N) is 1. The molecule has 2 unspecified atom stereocenters. The lowest BCUT2D eigenvalue weighted by molar-refractivity contribution is 0.527. The molecule has 2 atom stereocenters. The van der Waals surface area contributed by atoms with Gasteiger partial charge in [-0.05, 0) is 78.0 Å². The lowest BCUT2D eigenvalue weighted by atomic mass is 10.2. The second kappa shape index (κ2) is 5.77. The predicted molar refractivity (Wildman–Crippen MR) is 94.6 cm³/mol. The third-order valence-corrected chi connectivity index (χ3v) is 6.01. The van der Waals surface area contributed by atoms with Crippen molar-refractivity contribution >= 4 is 57.6 Å². The van der Waals surface area contributed by atoms with Crippen LogP contribution in [0.25, 0.3) is 11.0 Å². The standard InChI is InChI=1S/C14H17IN2S2/c1-2-19-11-5-4-10(8-11)17-13-6-3-9(15)7-12(13)16-14(17)18/h3,6-7,10-11H,2,4-5,8H2,1H3,(H,16,18). The van der Waals surface area contributed by atoms with E-state index in [-0.39, 0.29) is 0 Å². The van der Waals surface area contributed by atoms with Gasteiger partial charge in [-0.25, -0.2) is 0 Å². The van der Waals surface area contributed by atoms with Crippen LogP contribution in [-0.4, -0.2) is 20.6 Å². The van der Waals surface area contributed by atoms with Gasteiger partial charge in [0.1, 0.15) is 0 Å². The maximum atomic E-state index is 5.53. The summed E-state index contributed by atoms with van der Waals surface area (Å²) in [6.45, 7) is 2.25. The first-order valence-electron chi connectivity index (χ1n) is 6.70. The van der Waals surface area contributed by atoms with Gasteiger partial charge in [0.2, 0.25) is 0 Å². The molecule has 1 aliphatic carbocycles. The molecule has 0 bridgehead atoms. The summed E-state index contributed by atoms with van der Waals surface area (Å²) in [5.41, 5.74) is 2.43. The van der Waals surface area contributed by atoms with Gasteiger partial charge in [0.15, 0.2) is 4.77 Å². The summed E-state index contributed by atoms with van der Waals surface area (Å²) in [4.78, 5) is 3.36. The maximum absolute atomic E-state index is 5.53. The molecular formula is C14H17IN2S2. The van der Waals surface area contributed by atoms with Crippen LogP contribution in [0.5, 0.6) is 0 Å². The smallest absolute Gasteiger partial charge is 0.178 e. The molecule has 0 aliphatic heterocycles. The number of fused-ring (bicyclic) bond motifs is 1. The van der Waals surface area contributed by atoms with Gasteiger partial charge in [-0.2, -0.15) is 11.8 Å². The van der Waals surface area contributed by atoms with E-state index in [0.29, 0.717) is 6.04 Å². The molecule has 1 fully saturated rings. The third-order valence-electron chi connectivity index (χ3n) is 3.80. The summed E-state index contributed by atoms with van der Waals surface area (Å²) >= 11 is 9.97. The number of hydrogen-bond acceptors (Lipinski definition) is 2. The highest BCUT2D eigenvalue weighted by Gasteiger charge is 2.27. The van der Waals surface area contributed by atoms with Crippen molar-refractivity contribution in [3.63, 3.8) is 0 Å². The average Bonchev–Trinajstić information content (AvgIpc) is 2.92.